The van der Waals surface area contributed by atoms with Crippen LogP contribution >= 0.6 is 23.4 Å². The number of carbonyl (C=O) groups is 1. The largest absolute Gasteiger partial charge is 0.480 e. The SMILES string of the molecule is CSCCC(N)(C(=O)O)C1(c2ccc(Cl)cc2)CC1. The van der Waals surface area contributed by atoms with Crippen molar-refractivity contribution in [3.05, 3.63) is 34.9 Å². The number of thioether (sulfide) groups is 1. The van der Waals surface area contributed by atoms with Crippen molar-refractivity contribution >= 4 is 29.3 Å². The van der Waals surface area contributed by atoms with E-state index in [1.54, 1.807) is 23.9 Å². The molecule has 0 saturated heterocycles. The van der Waals surface area contributed by atoms with Gasteiger partial charge in [0.1, 0.15) is 5.54 Å². The van der Waals surface area contributed by atoms with Crippen molar-refractivity contribution in [1.29, 1.82) is 0 Å². The molecule has 1 atom stereocenters. The van der Waals surface area contributed by atoms with Gasteiger partial charge in [-0.25, -0.2) is 0 Å². The molecule has 0 amide bonds. The predicted octanol–water partition coefficient (Wildman–Crippen LogP) is 2.91. The van der Waals surface area contributed by atoms with Gasteiger partial charge in [0.05, 0.1) is 0 Å². The molecule has 0 bridgehead atoms. The van der Waals surface area contributed by atoms with E-state index in [9.17, 15) is 9.90 Å². The number of carboxylic acids is 1. The molecule has 0 aromatic heterocycles. The summed E-state index contributed by atoms with van der Waals surface area (Å²) in [4.78, 5) is 11.7. The lowest BCUT2D eigenvalue weighted by Gasteiger charge is -2.34. The Morgan fingerprint density at radius 1 is 1.47 bits per heavy atom. The molecule has 0 spiro atoms. The maximum absolute atomic E-state index is 11.7. The minimum absolute atomic E-state index is 0.431. The zero-order valence-corrected chi connectivity index (χ0v) is 12.4. The van der Waals surface area contributed by atoms with Gasteiger partial charge in [0.2, 0.25) is 0 Å². The second-order valence-electron chi connectivity index (χ2n) is 5.11. The van der Waals surface area contributed by atoms with E-state index in [1.165, 1.54) is 0 Å². The average molecular weight is 300 g/mol. The highest BCUT2D eigenvalue weighted by Gasteiger charge is 2.62. The van der Waals surface area contributed by atoms with Crippen molar-refractivity contribution in [3.63, 3.8) is 0 Å². The Morgan fingerprint density at radius 2 is 2.05 bits per heavy atom. The third kappa shape index (κ3) is 2.49. The summed E-state index contributed by atoms with van der Waals surface area (Å²) in [7, 11) is 0. The molecule has 1 unspecified atom stereocenters. The van der Waals surface area contributed by atoms with Gasteiger partial charge in [-0.3, -0.25) is 4.79 Å². The number of hydrogen-bond acceptors (Lipinski definition) is 3. The summed E-state index contributed by atoms with van der Waals surface area (Å²) in [5.41, 5.74) is 5.66. The predicted molar refractivity (Wildman–Crippen MR) is 79.9 cm³/mol. The molecule has 0 radical (unpaired) electrons. The first-order chi connectivity index (χ1) is 8.96. The minimum Gasteiger partial charge on any atom is -0.480 e. The molecule has 1 fully saturated rings. The van der Waals surface area contributed by atoms with Gasteiger partial charge in [0.25, 0.3) is 0 Å². The average Bonchev–Trinajstić information content (AvgIpc) is 3.18. The van der Waals surface area contributed by atoms with Crippen molar-refractivity contribution in [1.82, 2.24) is 0 Å². The number of halogens is 1. The molecule has 1 aromatic carbocycles. The lowest BCUT2D eigenvalue weighted by Crippen LogP contribution is -2.58. The Bertz CT molecular complexity index is 473. The van der Waals surface area contributed by atoms with Crippen molar-refractivity contribution in [2.24, 2.45) is 5.73 Å². The molecule has 3 nitrogen and oxygen atoms in total. The molecule has 1 aliphatic carbocycles. The van der Waals surface area contributed by atoms with Crippen LogP contribution in [-0.2, 0) is 10.2 Å². The second-order valence-corrected chi connectivity index (χ2v) is 6.53. The van der Waals surface area contributed by atoms with Crippen molar-refractivity contribution in [2.75, 3.05) is 12.0 Å². The lowest BCUT2D eigenvalue weighted by molar-refractivity contribution is -0.145. The van der Waals surface area contributed by atoms with E-state index in [4.69, 9.17) is 17.3 Å². The zero-order chi connectivity index (χ0) is 14.1. The van der Waals surface area contributed by atoms with E-state index < -0.39 is 16.9 Å². The molecule has 3 N–H and O–H groups in total. The van der Waals surface area contributed by atoms with E-state index in [0.717, 1.165) is 24.2 Å². The van der Waals surface area contributed by atoms with Crippen LogP contribution in [-0.4, -0.2) is 28.6 Å². The summed E-state index contributed by atoms with van der Waals surface area (Å²) in [6.45, 7) is 0. The highest BCUT2D eigenvalue weighted by Crippen LogP contribution is 2.56. The summed E-state index contributed by atoms with van der Waals surface area (Å²) < 4.78 is 0. The van der Waals surface area contributed by atoms with Gasteiger partial charge in [-0.15, -0.1) is 0 Å². The fourth-order valence-electron chi connectivity index (χ4n) is 2.70. The number of carboxylic acid groups (broad SMARTS) is 1. The van der Waals surface area contributed by atoms with Gasteiger partial charge < -0.3 is 10.8 Å². The van der Waals surface area contributed by atoms with Crippen LogP contribution in [0, 0.1) is 0 Å². The van der Waals surface area contributed by atoms with E-state index in [1.807, 2.05) is 18.4 Å². The number of hydrogen-bond donors (Lipinski definition) is 2. The van der Waals surface area contributed by atoms with Crippen LogP contribution in [0.4, 0.5) is 0 Å². The molecular weight excluding hydrogens is 282 g/mol. The standard InChI is InChI=1S/C14H18ClNO2S/c1-19-9-8-14(16,12(17)18)13(6-7-13)10-2-4-11(15)5-3-10/h2-5H,6-9,16H2,1H3,(H,17,18). The molecule has 1 aromatic rings. The lowest BCUT2D eigenvalue weighted by atomic mass is 9.75. The summed E-state index contributed by atoms with van der Waals surface area (Å²) in [5, 5.41) is 10.2. The summed E-state index contributed by atoms with van der Waals surface area (Å²) in [6, 6.07) is 7.40. The zero-order valence-electron chi connectivity index (χ0n) is 10.9. The van der Waals surface area contributed by atoms with Crippen LogP contribution < -0.4 is 5.73 Å². The fourth-order valence-corrected chi connectivity index (χ4v) is 3.35. The van der Waals surface area contributed by atoms with Gasteiger partial charge in [0, 0.05) is 10.4 Å². The molecule has 1 aliphatic rings. The van der Waals surface area contributed by atoms with Crippen LogP contribution in [0.5, 0.6) is 0 Å². The van der Waals surface area contributed by atoms with Gasteiger partial charge >= 0.3 is 5.97 Å². The number of aliphatic carboxylic acids is 1. The smallest absolute Gasteiger partial charge is 0.324 e. The molecule has 0 heterocycles. The Hall–Kier alpha value is -0.710. The number of nitrogens with two attached hydrogens (primary N) is 1. The van der Waals surface area contributed by atoms with Crippen molar-refractivity contribution in [3.8, 4) is 0 Å². The molecule has 2 rings (SSSR count). The third-order valence-corrected chi connectivity index (χ3v) is 4.95. The normalized spacial score (nSPS) is 19.7. The van der Waals surface area contributed by atoms with Crippen molar-refractivity contribution in [2.45, 2.75) is 30.2 Å². The minimum atomic E-state index is -1.19. The highest BCUT2D eigenvalue weighted by molar-refractivity contribution is 7.98. The van der Waals surface area contributed by atoms with Crippen LogP contribution in [0.25, 0.3) is 0 Å². The molecule has 1 saturated carbocycles. The van der Waals surface area contributed by atoms with Gasteiger partial charge in [-0.05, 0) is 49.0 Å². The Kier molecular flexibility index (Phi) is 4.14. The maximum Gasteiger partial charge on any atom is 0.324 e. The van der Waals surface area contributed by atoms with Gasteiger partial charge in [-0.1, -0.05) is 23.7 Å². The molecular formula is C14H18ClNO2S. The van der Waals surface area contributed by atoms with Gasteiger partial charge in [0.15, 0.2) is 0 Å². The topological polar surface area (TPSA) is 63.3 Å². The summed E-state index contributed by atoms with van der Waals surface area (Å²) >= 11 is 7.51. The van der Waals surface area contributed by atoms with E-state index in [2.05, 4.69) is 0 Å². The van der Waals surface area contributed by atoms with Crippen LogP contribution in [0.15, 0.2) is 24.3 Å². The Balaban J connectivity index is 2.35. The van der Waals surface area contributed by atoms with Crippen LogP contribution in [0.2, 0.25) is 5.02 Å². The van der Waals surface area contributed by atoms with E-state index >= 15 is 0 Å². The molecule has 19 heavy (non-hydrogen) atoms. The van der Waals surface area contributed by atoms with Crippen LogP contribution in [0.3, 0.4) is 0 Å². The molecule has 104 valence electrons. The molecule has 5 heteroatoms. The summed E-state index contributed by atoms with van der Waals surface area (Å²) in [5.74, 6) is -0.160. The van der Waals surface area contributed by atoms with E-state index in [-0.39, 0.29) is 0 Å². The molecule has 0 aliphatic heterocycles. The van der Waals surface area contributed by atoms with Gasteiger partial charge in [-0.2, -0.15) is 11.8 Å². The van der Waals surface area contributed by atoms with Crippen molar-refractivity contribution < 1.29 is 9.90 Å². The first-order valence-corrected chi connectivity index (χ1v) is 8.01. The maximum atomic E-state index is 11.7. The highest BCUT2D eigenvalue weighted by atomic mass is 35.5. The number of benzene rings is 1. The first kappa shape index (κ1) is 14.7. The Labute approximate surface area is 122 Å². The Morgan fingerprint density at radius 3 is 2.47 bits per heavy atom. The van der Waals surface area contributed by atoms with E-state index in [0.29, 0.717) is 11.4 Å². The first-order valence-electron chi connectivity index (χ1n) is 6.23. The quantitative estimate of drug-likeness (QED) is 0.848. The van der Waals surface area contributed by atoms with Crippen LogP contribution in [0.1, 0.15) is 24.8 Å². The fraction of sp³-hybridized carbons (Fsp3) is 0.500. The second kappa shape index (κ2) is 5.35. The third-order valence-electron chi connectivity index (χ3n) is 4.08. The number of rotatable bonds is 6. The summed E-state index contributed by atoms with van der Waals surface area (Å²) in [6.07, 6.45) is 4.09. The monoisotopic (exact) mass is 299 g/mol.